The largest absolute Gasteiger partial charge is 0.396 e. The molecule has 1 rings (SSSR count). The van der Waals surface area contributed by atoms with E-state index < -0.39 is 0 Å². The van der Waals surface area contributed by atoms with Gasteiger partial charge >= 0.3 is 0 Å². The molecule has 0 saturated carbocycles. The minimum Gasteiger partial charge on any atom is -0.396 e. The third-order valence-electron chi connectivity index (χ3n) is 3.37. The number of anilines is 1. The fraction of sp³-hybridized carbons (Fsp3) is 0.769. The van der Waals surface area contributed by atoms with E-state index in [0.717, 1.165) is 50.4 Å². The predicted molar refractivity (Wildman–Crippen MR) is 73.2 cm³/mol. The monoisotopic (exact) mass is 238 g/mol. The van der Waals surface area contributed by atoms with Crippen LogP contribution in [-0.2, 0) is 19.4 Å². The Kier molecular flexibility index (Phi) is 5.48. The molecule has 0 fully saturated rings. The molecule has 0 saturated heterocycles. The molecule has 4 heteroatoms. The summed E-state index contributed by atoms with van der Waals surface area (Å²) in [5, 5.41) is 4.60. The van der Waals surface area contributed by atoms with Crippen molar-refractivity contribution < 1.29 is 0 Å². The molecule has 1 aromatic rings. The summed E-state index contributed by atoms with van der Waals surface area (Å²) in [6.45, 7) is 12.8. The number of aromatic nitrogens is 2. The number of nitrogens with two attached hydrogens (primary N) is 1. The van der Waals surface area contributed by atoms with Crippen molar-refractivity contribution in [3.05, 3.63) is 11.4 Å². The van der Waals surface area contributed by atoms with Crippen LogP contribution in [-0.4, -0.2) is 34.3 Å². The predicted octanol–water partition coefficient (Wildman–Crippen LogP) is 1.93. The lowest BCUT2D eigenvalue weighted by Crippen LogP contribution is -2.27. The molecule has 98 valence electrons. The second kappa shape index (κ2) is 6.64. The molecule has 0 aliphatic carbocycles. The lowest BCUT2D eigenvalue weighted by Gasteiger charge is -2.18. The fourth-order valence-electron chi connectivity index (χ4n) is 2.16. The normalized spacial score (nSPS) is 11.4. The Morgan fingerprint density at radius 2 is 1.76 bits per heavy atom. The van der Waals surface area contributed by atoms with Crippen LogP contribution in [0, 0.1) is 0 Å². The van der Waals surface area contributed by atoms with E-state index in [-0.39, 0.29) is 0 Å². The zero-order valence-electron chi connectivity index (χ0n) is 11.7. The zero-order chi connectivity index (χ0) is 12.8. The van der Waals surface area contributed by atoms with E-state index in [4.69, 9.17) is 5.73 Å². The third-order valence-corrected chi connectivity index (χ3v) is 3.37. The van der Waals surface area contributed by atoms with Crippen LogP contribution in [0.2, 0.25) is 0 Å². The van der Waals surface area contributed by atoms with Crippen molar-refractivity contribution in [2.45, 2.75) is 47.1 Å². The van der Waals surface area contributed by atoms with E-state index in [2.05, 4.69) is 42.4 Å². The molecule has 0 amide bonds. The Labute approximate surface area is 105 Å². The van der Waals surface area contributed by atoms with Crippen LogP contribution in [0.4, 0.5) is 5.69 Å². The molecular weight excluding hydrogens is 212 g/mol. The van der Waals surface area contributed by atoms with Gasteiger partial charge in [-0.3, -0.25) is 4.68 Å². The molecule has 0 bridgehead atoms. The second-order valence-corrected chi connectivity index (χ2v) is 4.26. The summed E-state index contributed by atoms with van der Waals surface area (Å²) >= 11 is 0. The number of rotatable bonds is 7. The average molecular weight is 238 g/mol. The molecule has 2 N–H and O–H groups in total. The van der Waals surface area contributed by atoms with Crippen molar-refractivity contribution in [1.29, 1.82) is 0 Å². The third kappa shape index (κ3) is 3.22. The van der Waals surface area contributed by atoms with Crippen LogP contribution in [0.1, 0.15) is 39.1 Å². The average Bonchev–Trinajstić information content (AvgIpc) is 2.66. The number of hydrogen-bond donors (Lipinski definition) is 1. The van der Waals surface area contributed by atoms with Gasteiger partial charge in [-0.15, -0.1) is 0 Å². The Morgan fingerprint density at radius 3 is 2.24 bits per heavy atom. The minimum absolute atomic E-state index is 0.898. The van der Waals surface area contributed by atoms with Crippen LogP contribution in [0.25, 0.3) is 0 Å². The first-order valence-corrected chi connectivity index (χ1v) is 6.74. The molecule has 0 radical (unpaired) electrons. The van der Waals surface area contributed by atoms with E-state index in [9.17, 15) is 0 Å². The number of hydrogen-bond acceptors (Lipinski definition) is 3. The van der Waals surface area contributed by atoms with Gasteiger partial charge in [-0.25, -0.2) is 0 Å². The molecule has 17 heavy (non-hydrogen) atoms. The molecule has 4 nitrogen and oxygen atoms in total. The van der Waals surface area contributed by atoms with Crippen molar-refractivity contribution in [1.82, 2.24) is 14.7 Å². The minimum atomic E-state index is 0.898. The van der Waals surface area contributed by atoms with Crippen molar-refractivity contribution in [3.8, 4) is 0 Å². The molecule has 0 aliphatic heterocycles. The summed E-state index contributed by atoms with van der Waals surface area (Å²) in [5.74, 6) is 0. The summed E-state index contributed by atoms with van der Waals surface area (Å²) < 4.78 is 2.09. The van der Waals surface area contributed by atoms with Crippen LogP contribution in [0.15, 0.2) is 0 Å². The van der Waals surface area contributed by atoms with Gasteiger partial charge < -0.3 is 10.6 Å². The van der Waals surface area contributed by atoms with Gasteiger partial charge in [-0.2, -0.15) is 5.10 Å². The maximum absolute atomic E-state index is 6.10. The number of nitrogen functional groups attached to an aromatic ring is 1. The highest BCUT2D eigenvalue weighted by molar-refractivity contribution is 5.48. The Bertz CT molecular complexity index is 339. The molecule has 0 atom stereocenters. The van der Waals surface area contributed by atoms with E-state index in [1.54, 1.807) is 0 Å². The zero-order valence-corrected chi connectivity index (χ0v) is 11.7. The van der Waals surface area contributed by atoms with Gasteiger partial charge in [0.1, 0.15) is 0 Å². The van der Waals surface area contributed by atoms with Crippen LogP contribution >= 0.6 is 0 Å². The first-order chi connectivity index (χ1) is 8.17. The summed E-state index contributed by atoms with van der Waals surface area (Å²) in [6.07, 6.45) is 1.87. The summed E-state index contributed by atoms with van der Waals surface area (Å²) in [5.41, 5.74) is 9.23. The number of likely N-dealkylation sites (N-methyl/N-ethyl adjacent to an activating group) is 1. The van der Waals surface area contributed by atoms with Crippen LogP contribution in [0.3, 0.4) is 0 Å². The van der Waals surface area contributed by atoms with E-state index in [1.165, 1.54) is 5.69 Å². The molecular formula is C13H26N4. The van der Waals surface area contributed by atoms with E-state index in [0.29, 0.717) is 0 Å². The number of aryl methyl sites for hydroxylation is 1. The van der Waals surface area contributed by atoms with Crippen LogP contribution < -0.4 is 5.73 Å². The molecule has 0 aliphatic rings. The highest BCUT2D eigenvalue weighted by Gasteiger charge is 2.12. The molecule has 0 unspecified atom stereocenters. The Balaban J connectivity index is 2.76. The van der Waals surface area contributed by atoms with Crippen molar-refractivity contribution >= 4 is 5.69 Å². The maximum atomic E-state index is 6.10. The lowest BCUT2D eigenvalue weighted by molar-refractivity contribution is 0.283. The number of nitrogens with zero attached hydrogens (tertiary/aromatic N) is 3. The van der Waals surface area contributed by atoms with Gasteiger partial charge in [0.25, 0.3) is 0 Å². The van der Waals surface area contributed by atoms with Gasteiger partial charge in [-0.05, 0) is 25.9 Å². The van der Waals surface area contributed by atoms with Crippen molar-refractivity contribution in [2.24, 2.45) is 0 Å². The van der Waals surface area contributed by atoms with Gasteiger partial charge in [0.15, 0.2) is 0 Å². The van der Waals surface area contributed by atoms with E-state index >= 15 is 0 Å². The Hall–Kier alpha value is -1.03. The van der Waals surface area contributed by atoms with Gasteiger partial charge in [-0.1, -0.05) is 27.7 Å². The first kappa shape index (κ1) is 14.0. The topological polar surface area (TPSA) is 47.1 Å². The quantitative estimate of drug-likeness (QED) is 0.789. The second-order valence-electron chi connectivity index (χ2n) is 4.26. The van der Waals surface area contributed by atoms with Gasteiger partial charge in [0, 0.05) is 6.54 Å². The fourth-order valence-corrected chi connectivity index (χ4v) is 2.16. The summed E-state index contributed by atoms with van der Waals surface area (Å²) in [7, 11) is 0. The Morgan fingerprint density at radius 1 is 1.12 bits per heavy atom. The summed E-state index contributed by atoms with van der Waals surface area (Å²) in [4.78, 5) is 2.41. The van der Waals surface area contributed by atoms with Crippen molar-refractivity contribution in [2.75, 3.05) is 25.4 Å². The molecule has 1 aromatic heterocycles. The highest BCUT2D eigenvalue weighted by Crippen LogP contribution is 2.18. The lowest BCUT2D eigenvalue weighted by atomic mass is 10.2. The highest BCUT2D eigenvalue weighted by atomic mass is 15.3. The smallest absolute Gasteiger partial charge is 0.0854 e. The molecule has 0 spiro atoms. The molecule has 1 heterocycles. The standard InChI is InChI=1S/C13H26N4/c1-5-11-13(14)12(6-2)17(15-11)10-9-16(7-3)8-4/h5-10,14H2,1-4H3. The first-order valence-electron chi connectivity index (χ1n) is 6.74. The van der Waals surface area contributed by atoms with Gasteiger partial charge in [0.05, 0.1) is 23.6 Å². The molecule has 0 aromatic carbocycles. The van der Waals surface area contributed by atoms with Crippen molar-refractivity contribution in [3.63, 3.8) is 0 Å². The van der Waals surface area contributed by atoms with Gasteiger partial charge in [0.2, 0.25) is 0 Å². The van der Waals surface area contributed by atoms with E-state index in [1.807, 2.05) is 0 Å². The SMILES string of the molecule is CCc1nn(CCN(CC)CC)c(CC)c1N. The van der Waals surface area contributed by atoms with Crippen LogP contribution in [0.5, 0.6) is 0 Å². The summed E-state index contributed by atoms with van der Waals surface area (Å²) in [6, 6.07) is 0. The maximum Gasteiger partial charge on any atom is 0.0854 e.